The molecule has 0 atom stereocenters. The van der Waals surface area contributed by atoms with Gasteiger partial charge in [0.1, 0.15) is 0 Å². The number of urea groups is 1. The van der Waals surface area contributed by atoms with Gasteiger partial charge >= 0.3 is 6.03 Å². The van der Waals surface area contributed by atoms with E-state index in [1.54, 1.807) is 10.9 Å². The molecule has 2 amide bonds. The predicted octanol–water partition coefficient (Wildman–Crippen LogP) is 4.10. The van der Waals surface area contributed by atoms with E-state index >= 15 is 0 Å². The van der Waals surface area contributed by atoms with Gasteiger partial charge in [0, 0.05) is 36.1 Å². The summed E-state index contributed by atoms with van der Waals surface area (Å²) < 4.78 is 1.80. The van der Waals surface area contributed by atoms with Crippen LogP contribution in [0.5, 0.6) is 0 Å². The van der Waals surface area contributed by atoms with E-state index in [0.717, 1.165) is 28.9 Å². The van der Waals surface area contributed by atoms with Crippen molar-refractivity contribution in [1.29, 1.82) is 0 Å². The molecule has 1 aromatic heterocycles. The minimum Gasteiger partial charge on any atom is -0.338 e. The quantitative estimate of drug-likeness (QED) is 0.724. The zero-order valence-corrected chi connectivity index (χ0v) is 14.6. The van der Waals surface area contributed by atoms with Crippen LogP contribution in [0.3, 0.4) is 0 Å². The van der Waals surface area contributed by atoms with Gasteiger partial charge in [0.05, 0.1) is 5.69 Å². The lowest BCUT2D eigenvalue weighted by Crippen LogP contribution is -2.30. The van der Waals surface area contributed by atoms with Crippen LogP contribution in [0, 0.1) is 0 Å². The van der Waals surface area contributed by atoms with Gasteiger partial charge in [-0.25, -0.2) is 4.79 Å². The molecule has 1 heterocycles. The maximum Gasteiger partial charge on any atom is 0.319 e. The standard InChI is InChI=1S/C19H19ClN4O/c1-24-18(10-12-22-24)15-3-2-4-17(13-15)23-19(25)21-11-9-14-5-7-16(20)8-6-14/h2-8,10,12-13H,9,11H2,1H3,(H2,21,23,25). The first-order valence-electron chi connectivity index (χ1n) is 7.99. The second-order valence-electron chi connectivity index (χ2n) is 5.68. The summed E-state index contributed by atoms with van der Waals surface area (Å²) in [6.45, 7) is 0.550. The minimum atomic E-state index is -0.226. The van der Waals surface area contributed by atoms with E-state index in [9.17, 15) is 4.79 Å². The van der Waals surface area contributed by atoms with Gasteiger partial charge in [0.25, 0.3) is 0 Å². The summed E-state index contributed by atoms with van der Waals surface area (Å²) in [6.07, 6.45) is 2.50. The topological polar surface area (TPSA) is 59.0 Å². The highest BCUT2D eigenvalue weighted by Gasteiger charge is 2.06. The van der Waals surface area contributed by atoms with Crippen LogP contribution in [0.15, 0.2) is 60.8 Å². The third-order valence-electron chi connectivity index (χ3n) is 3.85. The largest absolute Gasteiger partial charge is 0.338 e. The zero-order valence-electron chi connectivity index (χ0n) is 13.9. The number of nitrogens with zero attached hydrogens (tertiary/aromatic N) is 2. The number of nitrogens with one attached hydrogen (secondary N) is 2. The first kappa shape index (κ1) is 17.0. The summed E-state index contributed by atoms with van der Waals surface area (Å²) in [5.74, 6) is 0. The molecule has 3 aromatic rings. The van der Waals surface area contributed by atoms with Gasteiger partial charge in [-0.3, -0.25) is 4.68 Å². The molecule has 0 aliphatic carbocycles. The highest BCUT2D eigenvalue weighted by molar-refractivity contribution is 6.30. The first-order chi connectivity index (χ1) is 12.1. The van der Waals surface area contributed by atoms with E-state index in [0.29, 0.717) is 11.6 Å². The van der Waals surface area contributed by atoms with Gasteiger partial charge in [-0.05, 0) is 42.3 Å². The lowest BCUT2D eigenvalue weighted by atomic mass is 10.1. The van der Waals surface area contributed by atoms with Crippen molar-refractivity contribution in [2.24, 2.45) is 7.05 Å². The molecule has 0 saturated heterocycles. The summed E-state index contributed by atoms with van der Waals surface area (Å²) in [5, 5.41) is 10.6. The van der Waals surface area contributed by atoms with Crippen LogP contribution < -0.4 is 10.6 Å². The maximum atomic E-state index is 12.1. The van der Waals surface area contributed by atoms with Crippen LogP contribution in [0.25, 0.3) is 11.3 Å². The lowest BCUT2D eigenvalue weighted by molar-refractivity contribution is 0.252. The molecule has 0 spiro atoms. The lowest BCUT2D eigenvalue weighted by Gasteiger charge is -2.09. The molecular formula is C19H19ClN4O. The average Bonchev–Trinajstić information content (AvgIpc) is 3.03. The molecule has 2 N–H and O–H groups in total. The van der Waals surface area contributed by atoms with E-state index in [1.165, 1.54) is 0 Å². The van der Waals surface area contributed by atoms with Crippen molar-refractivity contribution in [3.63, 3.8) is 0 Å². The number of carbonyl (C=O) groups excluding carboxylic acids is 1. The van der Waals surface area contributed by atoms with Gasteiger partial charge in [0.2, 0.25) is 0 Å². The molecular weight excluding hydrogens is 336 g/mol. The number of hydrogen-bond donors (Lipinski definition) is 2. The van der Waals surface area contributed by atoms with Crippen LogP contribution in [0.4, 0.5) is 10.5 Å². The molecule has 6 heteroatoms. The number of aromatic nitrogens is 2. The normalized spacial score (nSPS) is 10.5. The van der Waals surface area contributed by atoms with E-state index in [2.05, 4.69) is 15.7 Å². The van der Waals surface area contributed by atoms with Crippen molar-refractivity contribution in [1.82, 2.24) is 15.1 Å². The molecule has 0 fully saturated rings. The van der Waals surface area contributed by atoms with Crippen molar-refractivity contribution in [2.45, 2.75) is 6.42 Å². The number of hydrogen-bond acceptors (Lipinski definition) is 2. The van der Waals surface area contributed by atoms with Crippen molar-refractivity contribution < 1.29 is 4.79 Å². The summed E-state index contributed by atoms with van der Waals surface area (Å²) in [4.78, 5) is 12.1. The maximum absolute atomic E-state index is 12.1. The van der Waals surface area contributed by atoms with Gasteiger partial charge < -0.3 is 10.6 Å². The Labute approximate surface area is 151 Å². The fourth-order valence-corrected chi connectivity index (χ4v) is 2.69. The van der Waals surface area contributed by atoms with Gasteiger partial charge in [-0.2, -0.15) is 5.10 Å². The van der Waals surface area contributed by atoms with Gasteiger partial charge in [-0.15, -0.1) is 0 Å². The summed E-state index contributed by atoms with van der Waals surface area (Å²) in [6, 6.07) is 17.0. The summed E-state index contributed by atoms with van der Waals surface area (Å²) >= 11 is 5.86. The average molecular weight is 355 g/mol. The molecule has 0 bridgehead atoms. The zero-order chi connectivity index (χ0) is 17.6. The van der Waals surface area contributed by atoms with Crippen LogP contribution in [-0.2, 0) is 13.5 Å². The number of aryl methyl sites for hydroxylation is 1. The molecule has 2 aromatic carbocycles. The fraction of sp³-hybridized carbons (Fsp3) is 0.158. The second kappa shape index (κ2) is 7.85. The van der Waals surface area contributed by atoms with Crippen LogP contribution in [-0.4, -0.2) is 22.4 Å². The Morgan fingerprint density at radius 3 is 2.68 bits per heavy atom. The van der Waals surface area contributed by atoms with E-state index in [4.69, 9.17) is 11.6 Å². The predicted molar refractivity (Wildman–Crippen MR) is 101 cm³/mol. The van der Waals surface area contributed by atoms with E-state index in [-0.39, 0.29) is 6.03 Å². The number of anilines is 1. The molecule has 0 aliphatic rings. The molecule has 0 saturated carbocycles. The van der Waals surface area contributed by atoms with Crippen molar-refractivity contribution in [3.8, 4) is 11.3 Å². The Morgan fingerprint density at radius 2 is 1.96 bits per heavy atom. The second-order valence-corrected chi connectivity index (χ2v) is 6.11. The van der Waals surface area contributed by atoms with Crippen LogP contribution in [0.1, 0.15) is 5.56 Å². The SMILES string of the molecule is Cn1nccc1-c1cccc(NC(=O)NCCc2ccc(Cl)cc2)c1. The number of halogens is 1. The summed E-state index contributed by atoms with van der Waals surface area (Å²) in [5.41, 5.74) is 3.86. The van der Waals surface area contributed by atoms with Gasteiger partial charge in [0.15, 0.2) is 0 Å². The Hall–Kier alpha value is -2.79. The fourth-order valence-electron chi connectivity index (χ4n) is 2.56. The molecule has 0 unspecified atom stereocenters. The Bertz CT molecular complexity index is 858. The van der Waals surface area contributed by atoms with Crippen molar-refractivity contribution in [2.75, 3.05) is 11.9 Å². The minimum absolute atomic E-state index is 0.226. The van der Waals surface area contributed by atoms with Crippen molar-refractivity contribution >= 4 is 23.3 Å². The number of rotatable bonds is 5. The molecule has 0 radical (unpaired) electrons. The third-order valence-corrected chi connectivity index (χ3v) is 4.10. The van der Waals surface area contributed by atoms with Crippen LogP contribution in [0.2, 0.25) is 5.02 Å². The molecule has 3 rings (SSSR count). The highest BCUT2D eigenvalue weighted by Crippen LogP contribution is 2.21. The Balaban J connectivity index is 1.54. The smallest absolute Gasteiger partial charge is 0.319 e. The monoisotopic (exact) mass is 354 g/mol. The molecule has 128 valence electrons. The van der Waals surface area contributed by atoms with E-state index < -0.39 is 0 Å². The van der Waals surface area contributed by atoms with Gasteiger partial charge in [-0.1, -0.05) is 35.9 Å². The molecule has 5 nitrogen and oxygen atoms in total. The highest BCUT2D eigenvalue weighted by atomic mass is 35.5. The van der Waals surface area contributed by atoms with Crippen molar-refractivity contribution in [3.05, 3.63) is 71.4 Å². The number of benzene rings is 2. The van der Waals surface area contributed by atoms with Crippen LogP contribution >= 0.6 is 11.6 Å². The number of amides is 2. The molecule has 0 aliphatic heterocycles. The third kappa shape index (κ3) is 4.61. The summed E-state index contributed by atoms with van der Waals surface area (Å²) in [7, 11) is 1.89. The molecule has 25 heavy (non-hydrogen) atoms. The Morgan fingerprint density at radius 1 is 1.16 bits per heavy atom. The van der Waals surface area contributed by atoms with E-state index in [1.807, 2.05) is 61.6 Å². The number of carbonyl (C=O) groups is 1. The Kier molecular flexibility index (Phi) is 5.36. The first-order valence-corrected chi connectivity index (χ1v) is 8.37.